The maximum Gasteiger partial charge on any atom is 0.266 e. The smallest absolute Gasteiger partial charge is 0.266 e. The molecule has 4 rings (SSSR count). The number of hydrazine groups is 1. The molecule has 2 aliphatic carbocycles. The summed E-state index contributed by atoms with van der Waals surface area (Å²) in [6, 6.07) is 6.51. The highest BCUT2D eigenvalue weighted by Crippen LogP contribution is 2.64. The van der Waals surface area contributed by atoms with Crippen LogP contribution in [0, 0.1) is 16.7 Å². The number of sulfonamides is 1. The summed E-state index contributed by atoms with van der Waals surface area (Å²) in [6.45, 7) is 7.94. The molecule has 0 aromatic heterocycles. The number of nitrogens with zero attached hydrogens (tertiary/aromatic N) is 1. The van der Waals surface area contributed by atoms with E-state index in [2.05, 4.69) is 10.3 Å². The Kier molecular flexibility index (Phi) is 7.22. The van der Waals surface area contributed by atoms with Crippen molar-refractivity contribution in [1.29, 1.82) is 0 Å². The maximum atomic E-state index is 12.8. The highest BCUT2D eigenvalue weighted by Gasteiger charge is 2.65. The van der Waals surface area contributed by atoms with E-state index in [0.717, 1.165) is 25.7 Å². The fraction of sp³-hybridized carbons (Fsp3) is 0.654. The van der Waals surface area contributed by atoms with E-state index in [0.29, 0.717) is 18.6 Å². The van der Waals surface area contributed by atoms with Crippen molar-refractivity contribution in [3.05, 3.63) is 29.8 Å². The SMILES string of the molecule is CC1CCCC(C)N1C(=O)COc1ccc(C(=O)NNS(=O)(=O)CC23CCC(CC2=O)C3(C)C)cc1. The minimum Gasteiger partial charge on any atom is -0.484 e. The molecular weight excluding hydrogens is 482 g/mol. The number of benzene rings is 1. The van der Waals surface area contributed by atoms with Gasteiger partial charge < -0.3 is 9.64 Å². The zero-order chi connectivity index (χ0) is 26.3. The normalized spacial score (nSPS) is 29.3. The molecule has 1 saturated heterocycles. The van der Waals surface area contributed by atoms with Crippen molar-refractivity contribution >= 4 is 27.6 Å². The minimum atomic E-state index is -3.93. The van der Waals surface area contributed by atoms with Gasteiger partial charge in [-0.2, -0.15) is 0 Å². The Hall–Kier alpha value is -2.46. The maximum absolute atomic E-state index is 12.8. The molecule has 10 heteroatoms. The molecule has 1 aliphatic heterocycles. The summed E-state index contributed by atoms with van der Waals surface area (Å²) in [6.07, 6.45) is 4.90. The quantitative estimate of drug-likeness (QED) is 0.510. The number of piperidine rings is 1. The van der Waals surface area contributed by atoms with Gasteiger partial charge in [0.15, 0.2) is 6.61 Å². The Morgan fingerprint density at radius 2 is 1.72 bits per heavy atom. The topological polar surface area (TPSA) is 122 Å². The number of ether oxygens (including phenoxy) is 1. The monoisotopic (exact) mass is 519 g/mol. The molecule has 3 aliphatic rings. The van der Waals surface area contributed by atoms with Crippen molar-refractivity contribution in [3.8, 4) is 5.75 Å². The zero-order valence-electron chi connectivity index (χ0n) is 21.5. The van der Waals surface area contributed by atoms with E-state index < -0.39 is 21.3 Å². The zero-order valence-corrected chi connectivity index (χ0v) is 22.3. The van der Waals surface area contributed by atoms with E-state index in [1.807, 2.05) is 32.6 Å². The molecule has 2 amide bonds. The number of Topliss-reactive ketones (excluding diaryl/α,β-unsaturated/α-hetero) is 1. The van der Waals surface area contributed by atoms with Gasteiger partial charge in [0.2, 0.25) is 10.0 Å². The highest BCUT2D eigenvalue weighted by molar-refractivity contribution is 7.89. The van der Waals surface area contributed by atoms with Crippen molar-refractivity contribution in [2.24, 2.45) is 16.7 Å². The Labute approximate surface area is 213 Å². The third-order valence-corrected chi connectivity index (χ3v) is 10.1. The van der Waals surface area contributed by atoms with Crippen molar-refractivity contribution in [2.45, 2.75) is 78.3 Å². The molecule has 198 valence electrons. The van der Waals surface area contributed by atoms with Crippen LogP contribution in [0.15, 0.2) is 24.3 Å². The molecular formula is C26H37N3O6S. The highest BCUT2D eigenvalue weighted by atomic mass is 32.2. The second-order valence-corrected chi connectivity index (χ2v) is 12.9. The molecule has 0 spiro atoms. The summed E-state index contributed by atoms with van der Waals surface area (Å²) in [5.74, 6) is -0.387. The summed E-state index contributed by atoms with van der Waals surface area (Å²) < 4.78 is 31.2. The summed E-state index contributed by atoms with van der Waals surface area (Å²) in [5, 5.41) is 0. The Morgan fingerprint density at radius 1 is 1.08 bits per heavy atom. The molecule has 3 fully saturated rings. The number of ketones is 1. The number of nitrogens with one attached hydrogen (secondary N) is 2. The summed E-state index contributed by atoms with van der Waals surface area (Å²) in [5.41, 5.74) is 1.18. The van der Waals surface area contributed by atoms with Crippen molar-refractivity contribution < 1.29 is 27.5 Å². The largest absolute Gasteiger partial charge is 0.484 e. The van der Waals surface area contributed by atoms with Crippen molar-refractivity contribution in [2.75, 3.05) is 12.4 Å². The van der Waals surface area contributed by atoms with Crippen molar-refractivity contribution in [1.82, 2.24) is 15.2 Å². The van der Waals surface area contributed by atoms with Crippen LogP contribution in [0.3, 0.4) is 0 Å². The van der Waals surface area contributed by atoms with Gasteiger partial charge in [-0.25, -0.2) is 8.42 Å². The first-order valence-electron chi connectivity index (χ1n) is 12.7. The second-order valence-electron chi connectivity index (χ2n) is 11.2. The van der Waals surface area contributed by atoms with Crippen LogP contribution in [0.1, 0.15) is 76.6 Å². The average Bonchev–Trinajstić information content (AvgIpc) is 3.15. The van der Waals surface area contributed by atoms with Crippen LogP contribution >= 0.6 is 0 Å². The summed E-state index contributed by atoms with van der Waals surface area (Å²) >= 11 is 0. The number of fused-ring (bicyclic) bond motifs is 2. The van der Waals surface area contributed by atoms with E-state index in [9.17, 15) is 22.8 Å². The predicted octanol–water partition coefficient (Wildman–Crippen LogP) is 2.81. The van der Waals surface area contributed by atoms with Crippen molar-refractivity contribution in [3.63, 3.8) is 0 Å². The van der Waals surface area contributed by atoms with Crippen LogP contribution in [0.2, 0.25) is 0 Å². The van der Waals surface area contributed by atoms with Crippen LogP contribution < -0.4 is 15.0 Å². The molecule has 2 N–H and O–H groups in total. The van der Waals surface area contributed by atoms with Gasteiger partial charge in [0.1, 0.15) is 11.5 Å². The van der Waals surface area contributed by atoms with Gasteiger partial charge in [-0.15, -0.1) is 4.83 Å². The first-order valence-corrected chi connectivity index (χ1v) is 14.4. The fourth-order valence-electron chi connectivity index (χ4n) is 6.50. The van der Waals surface area contributed by atoms with Gasteiger partial charge in [0.25, 0.3) is 11.8 Å². The van der Waals surface area contributed by atoms with E-state index in [1.54, 1.807) is 12.1 Å². The van der Waals surface area contributed by atoms with Gasteiger partial charge in [0, 0.05) is 29.5 Å². The van der Waals surface area contributed by atoms with Crippen LogP contribution in [0.5, 0.6) is 5.75 Å². The van der Waals surface area contributed by atoms with Gasteiger partial charge in [-0.1, -0.05) is 13.8 Å². The van der Waals surface area contributed by atoms with E-state index >= 15 is 0 Å². The number of carbonyl (C=O) groups is 3. The van der Waals surface area contributed by atoms with E-state index in [4.69, 9.17) is 4.74 Å². The Balaban J connectivity index is 1.30. The minimum absolute atomic E-state index is 0.00118. The molecule has 4 atom stereocenters. The van der Waals surface area contributed by atoms with Crippen LogP contribution in [-0.4, -0.2) is 55.4 Å². The molecule has 1 aromatic rings. The lowest BCUT2D eigenvalue weighted by Crippen LogP contribution is -2.49. The number of likely N-dealkylation sites (tertiary alicyclic amines) is 1. The average molecular weight is 520 g/mol. The van der Waals surface area contributed by atoms with Gasteiger partial charge in [-0.05, 0) is 81.5 Å². The number of amides is 2. The van der Waals surface area contributed by atoms with Crippen LogP contribution in [0.4, 0.5) is 0 Å². The first-order chi connectivity index (χ1) is 16.9. The summed E-state index contributed by atoms with van der Waals surface area (Å²) in [7, 11) is -3.93. The molecule has 2 saturated carbocycles. The number of hydrogen-bond acceptors (Lipinski definition) is 6. The van der Waals surface area contributed by atoms with Gasteiger partial charge >= 0.3 is 0 Å². The number of hydrogen-bond donors (Lipinski definition) is 2. The lowest BCUT2D eigenvalue weighted by atomic mass is 9.70. The Morgan fingerprint density at radius 3 is 2.28 bits per heavy atom. The lowest BCUT2D eigenvalue weighted by Gasteiger charge is -2.38. The molecule has 9 nitrogen and oxygen atoms in total. The molecule has 2 bridgehead atoms. The molecule has 1 aromatic carbocycles. The van der Waals surface area contributed by atoms with Gasteiger partial charge in [-0.3, -0.25) is 19.8 Å². The summed E-state index contributed by atoms with van der Waals surface area (Å²) in [4.78, 5) is 41.8. The van der Waals surface area contributed by atoms with E-state index in [1.165, 1.54) is 12.1 Å². The predicted molar refractivity (Wildman–Crippen MR) is 135 cm³/mol. The molecule has 36 heavy (non-hydrogen) atoms. The molecule has 1 heterocycles. The third-order valence-electron chi connectivity index (χ3n) is 8.86. The molecule has 4 unspecified atom stereocenters. The first kappa shape index (κ1) is 26.6. The Bertz CT molecular complexity index is 1120. The van der Waals surface area contributed by atoms with Gasteiger partial charge in [0.05, 0.1) is 5.75 Å². The third kappa shape index (κ3) is 4.89. The van der Waals surface area contributed by atoms with Crippen LogP contribution in [0.25, 0.3) is 0 Å². The fourth-order valence-corrected chi connectivity index (χ4v) is 8.15. The lowest BCUT2D eigenvalue weighted by molar-refractivity contribution is -0.139. The second kappa shape index (κ2) is 9.78. The van der Waals surface area contributed by atoms with E-state index in [-0.39, 0.29) is 53.0 Å². The molecule has 0 radical (unpaired) electrons. The standard InChI is InChI=1S/C26H37N3O6S/c1-17-6-5-7-18(2)29(17)23(31)15-35-21-10-8-19(9-11-21)24(32)27-28-36(33,34)16-26-13-12-20(14-22(26)30)25(26,3)4/h8-11,17-18,20,28H,5-7,12-16H2,1-4H3,(H,27,32). The van der Waals surface area contributed by atoms with Crippen LogP contribution in [-0.2, 0) is 19.6 Å². The number of rotatable bonds is 8. The number of carbonyl (C=O) groups excluding carboxylic acids is 3.